The summed E-state index contributed by atoms with van der Waals surface area (Å²) in [5, 5.41) is 7.53. The Bertz CT molecular complexity index is 672. The first kappa shape index (κ1) is 13.7. The van der Waals surface area contributed by atoms with E-state index in [0.29, 0.717) is 13.0 Å². The molecule has 0 fully saturated rings. The molecule has 2 aromatic rings. The van der Waals surface area contributed by atoms with Gasteiger partial charge in [-0.1, -0.05) is 17.7 Å². The number of hydrogen-bond donors (Lipinski definition) is 1. The lowest BCUT2D eigenvalue weighted by Crippen LogP contribution is -2.22. The topological polar surface area (TPSA) is 50.2 Å². The molecule has 1 N–H and O–H groups in total. The van der Waals surface area contributed by atoms with Gasteiger partial charge >= 0.3 is 0 Å². The molecule has 1 aliphatic rings. The number of hydrogen-bond acceptors (Lipinski definition) is 3. The molecule has 0 bridgehead atoms. The SMILES string of the molecule is CCn1nc(C)c2c1N(c1ccc(C)cc1)CCC(=O)N2. The summed E-state index contributed by atoms with van der Waals surface area (Å²) in [6.45, 7) is 7.50. The first-order valence-corrected chi connectivity index (χ1v) is 7.31. The summed E-state index contributed by atoms with van der Waals surface area (Å²) in [6, 6.07) is 8.37. The Morgan fingerprint density at radius 2 is 1.95 bits per heavy atom. The fraction of sp³-hybridized carbons (Fsp3) is 0.375. The first-order valence-electron chi connectivity index (χ1n) is 7.31. The van der Waals surface area contributed by atoms with E-state index >= 15 is 0 Å². The molecule has 110 valence electrons. The molecule has 2 heterocycles. The van der Waals surface area contributed by atoms with Gasteiger partial charge in [-0.05, 0) is 32.9 Å². The quantitative estimate of drug-likeness (QED) is 0.922. The van der Waals surface area contributed by atoms with Crippen LogP contribution in [0, 0.1) is 13.8 Å². The largest absolute Gasteiger partial charge is 0.324 e. The summed E-state index contributed by atoms with van der Waals surface area (Å²) in [6.07, 6.45) is 0.478. The predicted molar refractivity (Wildman–Crippen MR) is 84.1 cm³/mol. The monoisotopic (exact) mass is 284 g/mol. The lowest BCUT2D eigenvalue weighted by atomic mass is 10.2. The third-order valence-electron chi connectivity index (χ3n) is 3.83. The maximum absolute atomic E-state index is 12.0. The Morgan fingerprint density at radius 1 is 1.24 bits per heavy atom. The fourth-order valence-electron chi connectivity index (χ4n) is 2.71. The number of carbonyl (C=O) groups is 1. The minimum Gasteiger partial charge on any atom is -0.324 e. The van der Waals surface area contributed by atoms with Gasteiger partial charge in [0, 0.05) is 25.2 Å². The molecule has 0 unspecified atom stereocenters. The molecule has 1 aromatic heterocycles. The molecular weight excluding hydrogens is 264 g/mol. The zero-order chi connectivity index (χ0) is 15.0. The van der Waals surface area contributed by atoms with Crippen LogP contribution in [-0.2, 0) is 11.3 Å². The van der Waals surface area contributed by atoms with Gasteiger partial charge in [0.1, 0.15) is 5.69 Å². The van der Waals surface area contributed by atoms with Gasteiger partial charge in [0.25, 0.3) is 0 Å². The second-order valence-corrected chi connectivity index (χ2v) is 5.39. The standard InChI is InChI=1S/C16H20N4O/c1-4-20-16-15(12(3)18-20)17-14(21)9-10-19(16)13-7-5-11(2)6-8-13/h5-8H,4,9-10H2,1-3H3,(H,17,21). The van der Waals surface area contributed by atoms with E-state index in [9.17, 15) is 4.79 Å². The van der Waals surface area contributed by atoms with E-state index in [1.54, 1.807) is 0 Å². The van der Waals surface area contributed by atoms with Gasteiger partial charge in [0.2, 0.25) is 5.91 Å². The van der Waals surface area contributed by atoms with E-state index in [0.717, 1.165) is 29.4 Å². The van der Waals surface area contributed by atoms with Crippen molar-refractivity contribution in [1.29, 1.82) is 0 Å². The molecule has 0 radical (unpaired) electrons. The Kier molecular flexibility index (Phi) is 3.41. The van der Waals surface area contributed by atoms with Gasteiger partial charge in [-0.15, -0.1) is 0 Å². The van der Waals surface area contributed by atoms with E-state index in [-0.39, 0.29) is 5.91 Å². The lowest BCUT2D eigenvalue weighted by Gasteiger charge is -2.24. The molecule has 0 saturated heterocycles. The highest BCUT2D eigenvalue weighted by Crippen LogP contribution is 2.36. The molecule has 1 aromatic carbocycles. The average molecular weight is 284 g/mol. The number of nitrogens with one attached hydrogen (secondary N) is 1. The number of anilines is 3. The molecule has 0 spiro atoms. The van der Waals surface area contributed by atoms with Crippen molar-refractivity contribution in [2.75, 3.05) is 16.8 Å². The fourth-order valence-corrected chi connectivity index (χ4v) is 2.71. The van der Waals surface area contributed by atoms with Crippen molar-refractivity contribution >= 4 is 23.1 Å². The number of nitrogens with zero attached hydrogens (tertiary/aromatic N) is 3. The first-order chi connectivity index (χ1) is 10.1. The van der Waals surface area contributed by atoms with Crippen LogP contribution in [0.25, 0.3) is 0 Å². The van der Waals surface area contributed by atoms with Gasteiger partial charge in [-0.25, -0.2) is 4.68 Å². The van der Waals surface area contributed by atoms with Crippen LogP contribution in [0.3, 0.4) is 0 Å². The van der Waals surface area contributed by atoms with Crippen molar-refractivity contribution in [3.63, 3.8) is 0 Å². The maximum Gasteiger partial charge on any atom is 0.226 e. The number of aryl methyl sites for hydroxylation is 3. The molecule has 0 saturated carbocycles. The highest BCUT2D eigenvalue weighted by Gasteiger charge is 2.26. The highest BCUT2D eigenvalue weighted by atomic mass is 16.1. The smallest absolute Gasteiger partial charge is 0.226 e. The average Bonchev–Trinajstić information content (AvgIpc) is 2.67. The minimum atomic E-state index is 0.0459. The van der Waals surface area contributed by atoms with Gasteiger partial charge in [0.15, 0.2) is 5.82 Å². The van der Waals surface area contributed by atoms with Crippen LogP contribution in [0.5, 0.6) is 0 Å². The number of amides is 1. The predicted octanol–water partition coefficient (Wildman–Crippen LogP) is 3.00. The second kappa shape index (κ2) is 5.24. The summed E-state index contributed by atoms with van der Waals surface area (Å²) in [5.74, 6) is 1.02. The van der Waals surface area contributed by atoms with E-state index < -0.39 is 0 Å². The molecule has 5 nitrogen and oxygen atoms in total. The maximum atomic E-state index is 12.0. The van der Waals surface area contributed by atoms with Crippen LogP contribution >= 0.6 is 0 Å². The molecule has 3 rings (SSSR count). The zero-order valence-corrected chi connectivity index (χ0v) is 12.7. The number of fused-ring (bicyclic) bond motifs is 1. The molecule has 21 heavy (non-hydrogen) atoms. The third kappa shape index (κ3) is 2.39. The van der Waals surface area contributed by atoms with Crippen LogP contribution in [0.1, 0.15) is 24.6 Å². The summed E-state index contributed by atoms with van der Waals surface area (Å²) in [4.78, 5) is 14.1. The normalized spacial score (nSPS) is 14.6. The second-order valence-electron chi connectivity index (χ2n) is 5.39. The van der Waals surface area contributed by atoms with E-state index in [1.165, 1.54) is 5.56 Å². The van der Waals surface area contributed by atoms with E-state index in [4.69, 9.17) is 0 Å². The van der Waals surface area contributed by atoms with Crippen molar-refractivity contribution in [3.05, 3.63) is 35.5 Å². The van der Waals surface area contributed by atoms with Crippen molar-refractivity contribution in [3.8, 4) is 0 Å². The lowest BCUT2D eigenvalue weighted by molar-refractivity contribution is -0.115. The number of aromatic nitrogens is 2. The van der Waals surface area contributed by atoms with Crippen molar-refractivity contribution in [2.24, 2.45) is 0 Å². The molecule has 0 aliphatic carbocycles. The summed E-state index contributed by atoms with van der Waals surface area (Å²) in [5.41, 5.74) is 4.01. The van der Waals surface area contributed by atoms with Gasteiger partial charge in [-0.2, -0.15) is 5.10 Å². The Hall–Kier alpha value is -2.30. The van der Waals surface area contributed by atoms with Crippen LogP contribution < -0.4 is 10.2 Å². The number of benzene rings is 1. The summed E-state index contributed by atoms with van der Waals surface area (Å²) >= 11 is 0. The highest BCUT2D eigenvalue weighted by molar-refractivity contribution is 5.97. The van der Waals surface area contributed by atoms with E-state index in [2.05, 4.69) is 53.4 Å². The zero-order valence-electron chi connectivity index (χ0n) is 12.7. The van der Waals surface area contributed by atoms with Crippen molar-refractivity contribution in [2.45, 2.75) is 33.7 Å². The Labute approximate surface area is 124 Å². The molecule has 5 heteroatoms. The van der Waals surface area contributed by atoms with E-state index in [1.807, 2.05) is 11.6 Å². The van der Waals surface area contributed by atoms with Crippen molar-refractivity contribution < 1.29 is 4.79 Å². The van der Waals surface area contributed by atoms with Gasteiger partial charge in [0.05, 0.1) is 5.69 Å². The minimum absolute atomic E-state index is 0.0459. The van der Waals surface area contributed by atoms with Gasteiger partial charge < -0.3 is 10.2 Å². The van der Waals surface area contributed by atoms with Crippen LogP contribution in [-0.4, -0.2) is 22.2 Å². The van der Waals surface area contributed by atoms with Crippen molar-refractivity contribution in [1.82, 2.24) is 9.78 Å². The number of carbonyl (C=O) groups excluding carboxylic acids is 1. The van der Waals surface area contributed by atoms with Crippen LogP contribution in [0.15, 0.2) is 24.3 Å². The summed E-state index contributed by atoms with van der Waals surface area (Å²) < 4.78 is 1.95. The van der Waals surface area contributed by atoms with Crippen LogP contribution in [0.2, 0.25) is 0 Å². The Morgan fingerprint density at radius 3 is 2.62 bits per heavy atom. The molecular formula is C16H20N4O. The van der Waals surface area contributed by atoms with Crippen LogP contribution in [0.4, 0.5) is 17.2 Å². The van der Waals surface area contributed by atoms with Gasteiger partial charge in [-0.3, -0.25) is 4.79 Å². The number of rotatable bonds is 2. The Balaban J connectivity index is 2.14. The summed E-state index contributed by atoms with van der Waals surface area (Å²) in [7, 11) is 0. The third-order valence-corrected chi connectivity index (χ3v) is 3.83. The molecule has 1 aliphatic heterocycles. The molecule has 0 atom stereocenters. The molecule has 1 amide bonds.